The molecule has 0 aromatic carbocycles. The second-order valence-corrected chi connectivity index (χ2v) is 3.76. The first kappa shape index (κ1) is 9.99. The van der Waals surface area contributed by atoms with Gasteiger partial charge in [-0.3, -0.25) is 0 Å². The molecule has 3 nitrogen and oxygen atoms in total. The molecule has 0 atom stereocenters. The lowest BCUT2D eigenvalue weighted by Gasteiger charge is -2.22. The van der Waals surface area contributed by atoms with Crippen molar-refractivity contribution in [3.05, 3.63) is 23.9 Å². The van der Waals surface area contributed by atoms with Crippen LogP contribution in [0.4, 0.5) is 5.82 Å². The minimum atomic E-state index is -0.0792. The lowest BCUT2D eigenvalue weighted by Crippen LogP contribution is -2.25. The van der Waals surface area contributed by atoms with E-state index >= 15 is 0 Å². The molecule has 0 aliphatic heterocycles. The Hall–Kier alpha value is -1.09. The molecule has 1 rings (SSSR count). The Labute approximate surface area is 78.9 Å². The van der Waals surface area contributed by atoms with Crippen molar-refractivity contribution in [3.63, 3.8) is 0 Å². The summed E-state index contributed by atoms with van der Waals surface area (Å²) in [5.41, 5.74) is 6.49. The van der Waals surface area contributed by atoms with Crippen molar-refractivity contribution in [2.24, 2.45) is 0 Å². The average molecular weight is 180 g/mol. The Morgan fingerprint density at radius 2 is 2.15 bits per heavy atom. The van der Waals surface area contributed by atoms with Crippen LogP contribution >= 0.6 is 0 Å². The molecule has 0 radical (unpaired) electrons. The van der Waals surface area contributed by atoms with Crippen LogP contribution < -0.4 is 5.73 Å². The first-order valence-corrected chi connectivity index (χ1v) is 4.28. The van der Waals surface area contributed by atoms with E-state index in [0.29, 0.717) is 12.4 Å². The number of methoxy groups -OCH3 is 1. The first-order valence-electron chi connectivity index (χ1n) is 4.28. The summed E-state index contributed by atoms with van der Waals surface area (Å²) in [6.45, 7) is 4.81. The maximum atomic E-state index is 5.60. The largest absolute Gasteiger partial charge is 0.384 e. The fraction of sp³-hybridized carbons (Fsp3) is 0.500. The van der Waals surface area contributed by atoms with Crippen LogP contribution in [0, 0.1) is 0 Å². The average Bonchev–Trinajstić information content (AvgIpc) is 2.04. The summed E-state index contributed by atoms with van der Waals surface area (Å²) in [5, 5.41) is 0. The third-order valence-corrected chi connectivity index (χ3v) is 1.97. The topological polar surface area (TPSA) is 48.1 Å². The zero-order valence-corrected chi connectivity index (χ0v) is 8.37. The highest BCUT2D eigenvalue weighted by atomic mass is 16.5. The van der Waals surface area contributed by atoms with Gasteiger partial charge in [-0.2, -0.15) is 0 Å². The third kappa shape index (κ3) is 2.42. The van der Waals surface area contributed by atoms with Gasteiger partial charge >= 0.3 is 0 Å². The van der Waals surface area contributed by atoms with E-state index < -0.39 is 0 Å². The molecule has 0 aliphatic rings. The number of hydrogen-bond donors (Lipinski definition) is 1. The van der Waals surface area contributed by atoms with Crippen LogP contribution in [0.25, 0.3) is 0 Å². The van der Waals surface area contributed by atoms with Gasteiger partial charge < -0.3 is 10.5 Å². The Morgan fingerprint density at radius 3 is 2.69 bits per heavy atom. The van der Waals surface area contributed by atoms with E-state index in [0.717, 1.165) is 5.69 Å². The second kappa shape index (κ2) is 3.75. The predicted octanol–water partition coefficient (Wildman–Crippen LogP) is 1.59. The normalized spacial score (nSPS) is 11.6. The van der Waals surface area contributed by atoms with Crippen LogP contribution in [0.15, 0.2) is 18.2 Å². The lowest BCUT2D eigenvalue weighted by molar-refractivity contribution is 0.145. The summed E-state index contributed by atoms with van der Waals surface area (Å²) in [7, 11) is 1.69. The maximum absolute atomic E-state index is 5.60. The monoisotopic (exact) mass is 180 g/mol. The Balaban J connectivity index is 2.93. The van der Waals surface area contributed by atoms with Crippen molar-refractivity contribution in [2.75, 3.05) is 19.5 Å². The van der Waals surface area contributed by atoms with Crippen LogP contribution in [-0.4, -0.2) is 18.7 Å². The SMILES string of the molecule is COCC(C)(C)c1cccc(N)n1. The fourth-order valence-electron chi connectivity index (χ4n) is 1.26. The molecule has 0 fully saturated rings. The predicted molar refractivity (Wildman–Crippen MR) is 53.6 cm³/mol. The quantitative estimate of drug-likeness (QED) is 0.768. The molecule has 1 aromatic rings. The van der Waals surface area contributed by atoms with Gasteiger partial charge in [0.05, 0.1) is 12.3 Å². The molecule has 0 unspecified atom stereocenters. The third-order valence-electron chi connectivity index (χ3n) is 1.97. The Kier molecular flexibility index (Phi) is 2.88. The van der Waals surface area contributed by atoms with Crippen molar-refractivity contribution < 1.29 is 4.74 Å². The standard InChI is InChI=1S/C10H16N2O/c1-10(2,7-13-3)8-5-4-6-9(11)12-8/h4-6H,7H2,1-3H3,(H2,11,12). The molecular weight excluding hydrogens is 164 g/mol. The van der Waals surface area contributed by atoms with Gasteiger partial charge in [0, 0.05) is 12.5 Å². The molecule has 2 N–H and O–H groups in total. The smallest absolute Gasteiger partial charge is 0.123 e. The molecule has 0 saturated carbocycles. The summed E-state index contributed by atoms with van der Waals surface area (Å²) in [4.78, 5) is 4.26. The summed E-state index contributed by atoms with van der Waals surface area (Å²) < 4.78 is 5.12. The molecule has 1 aromatic heterocycles. The highest BCUT2D eigenvalue weighted by Gasteiger charge is 2.21. The maximum Gasteiger partial charge on any atom is 0.123 e. The second-order valence-electron chi connectivity index (χ2n) is 3.76. The lowest BCUT2D eigenvalue weighted by atomic mass is 9.90. The number of pyridine rings is 1. The number of rotatable bonds is 3. The van der Waals surface area contributed by atoms with Crippen molar-refractivity contribution in [1.82, 2.24) is 4.98 Å². The van der Waals surface area contributed by atoms with Crippen molar-refractivity contribution in [2.45, 2.75) is 19.3 Å². The zero-order chi connectivity index (χ0) is 9.90. The van der Waals surface area contributed by atoms with Crippen molar-refractivity contribution in [1.29, 1.82) is 0 Å². The van der Waals surface area contributed by atoms with Crippen LogP contribution in [-0.2, 0) is 10.2 Å². The number of nitrogen functional groups attached to an aromatic ring is 1. The van der Waals surface area contributed by atoms with Crippen LogP contribution in [0.2, 0.25) is 0 Å². The van der Waals surface area contributed by atoms with Gasteiger partial charge in [0.15, 0.2) is 0 Å². The van der Waals surface area contributed by atoms with Crippen molar-refractivity contribution >= 4 is 5.82 Å². The number of nitrogens with zero attached hydrogens (tertiary/aromatic N) is 1. The number of nitrogens with two attached hydrogens (primary N) is 1. The molecule has 0 amide bonds. The molecular formula is C10H16N2O. The van der Waals surface area contributed by atoms with E-state index in [2.05, 4.69) is 18.8 Å². The Bertz CT molecular complexity index is 284. The van der Waals surface area contributed by atoms with Gasteiger partial charge in [-0.05, 0) is 12.1 Å². The van der Waals surface area contributed by atoms with E-state index in [4.69, 9.17) is 10.5 Å². The molecule has 13 heavy (non-hydrogen) atoms. The minimum Gasteiger partial charge on any atom is -0.384 e. The van der Waals surface area contributed by atoms with Crippen molar-refractivity contribution in [3.8, 4) is 0 Å². The van der Waals surface area contributed by atoms with Gasteiger partial charge in [-0.1, -0.05) is 19.9 Å². The number of aromatic nitrogens is 1. The summed E-state index contributed by atoms with van der Waals surface area (Å²) in [6, 6.07) is 5.66. The highest BCUT2D eigenvalue weighted by Crippen LogP contribution is 2.21. The van der Waals surface area contributed by atoms with E-state index in [-0.39, 0.29) is 5.41 Å². The molecule has 0 bridgehead atoms. The fourth-order valence-corrected chi connectivity index (χ4v) is 1.26. The molecule has 0 saturated heterocycles. The van der Waals surface area contributed by atoms with E-state index in [1.165, 1.54) is 0 Å². The van der Waals surface area contributed by atoms with Crippen LogP contribution in [0.3, 0.4) is 0 Å². The molecule has 3 heteroatoms. The number of ether oxygens (including phenoxy) is 1. The zero-order valence-electron chi connectivity index (χ0n) is 8.37. The molecule has 72 valence electrons. The number of hydrogen-bond acceptors (Lipinski definition) is 3. The summed E-state index contributed by atoms with van der Waals surface area (Å²) in [5.74, 6) is 0.557. The van der Waals surface area contributed by atoms with Gasteiger partial charge in [0.25, 0.3) is 0 Å². The summed E-state index contributed by atoms with van der Waals surface area (Å²) >= 11 is 0. The number of anilines is 1. The Morgan fingerprint density at radius 1 is 1.46 bits per heavy atom. The molecule has 0 spiro atoms. The highest BCUT2D eigenvalue weighted by molar-refractivity contribution is 5.31. The van der Waals surface area contributed by atoms with E-state index in [1.54, 1.807) is 13.2 Å². The van der Waals surface area contributed by atoms with Gasteiger partial charge in [-0.15, -0.1) is 0 Å². The van der Waals surface area contributed by atoms with Crippen LogP contribution in [0.5, 0.6) is 0 Å². The molecule has 1 heterocycles. The van der Waals surface area contributed by atoms with Gasteiger partial charge in [0.1, 0.15) is 5.82 Å². The minimum absolute atomic E-state index is 0.0792. The van der Waals surface area contributed by atoms with E-state index in [1.807, 2.05) is 12.1 Å². The molecule has 0 aliphatic carbocycles. The van der Waals surface area contributed by atoms with E-state index in [9.17, 15) is 0 Å². The first-order chi connectivity index (χ1) is 6.06. The summed E-state index contributed by atoms with van der Waals surface area (Å²) in [6.07, 6.45) is 0. The van der Waals surface area contributed by atoms with Gasteiger partial charge in [-0.25, -0.2) is 4.98 Å². The van der Waals surface area contributed by atoms with Gasteiger partial charge in [0.2, 0.25) is 0 Å². The van der Waals surface area contributed by atoms with Crippen LogP contribution in [0.1, 0.15) is 19.5 Å².